The topological polar surface area (TPSA) is 75.3 Å². The zero-order chi connectivity index (χ0) is 10.8. The summed E-state index contributed by atoms with van der Waals surface area (Å²) in [6.45, 7) is 2.35. The van der Waals surface area contributed by atoms with Gasteiger partial charge >= 0.3 is 0 Å². The second kappa shape index (κ2) is 3.92. The predicted octanol–water partition coefficient (Wildman–Crippen LogP) is -0.314. The minimum Gasteiger partial charge on any atom is -0.384 e. The van der Waals surface area contributed by atoms with Gasteiger partial charge in [-0.2, -0.15) is 4.98 Å². The van der Waals surface area contributed by atoms with Crippen LogP contribution in [0.15, 0.2) is 12.4 Å². The van der Waals surface area contributed by atoms with Crippen molar-refractivity contribution in [2.24, 2.45) is 0 Å². The molecule has 0 aliphatic carbocycles. The Labute approximate surface area is 87.0 Å². The first-order valence-electron chi connectivity index (χ1n) is 4.72. The number of nitrogens with zero attached hydrogens (tertiary/aromatic N) is 4. The lowest BCUT2D eigenvalue weighted by atomic mass is 10.3. The maximum atomic E-state index is 9.66. The first-order chi connectivity index (χ1) is 7.20. The number of aromatic nitrogens is 4. The number of aryl methyl sites for hydroxylation is 1. The third kappa shape index (κ3) is 1.95. The molecule has 0 spiro atoms. The molecule has 2 N–H and O–H groups in total. The molecule has 1 unspecified atom stereocenters. The number of aliphatic hydroxyl groups excluding tert-OH is 1. The molecular weight excluding hydrogens is 194 g/mol. The Kier molecular flexibility index (Phi) is 2.61. The molecule has 0 amide bonds. The summed E-state index contributed by atoms with van der Waals surface area (Å²) in [7, 11) is 1.77. The lowest BCUT2D eigenvalue weighted by Crippen LogP contribution is -2.17. The van der Waals surface area contributed by atoms with Crippen LogP contribution in [-0.4, -0.2) is 38.3 Å². The molecule has 80 valence electrons. The summed E-state index contributed by atoms with van der Waals surface area (Å²) in [6, 6.07) is 0. The van der Waals surface area contributed by atoms with Crippen molar-refractivity contribution in [3.05, 3.63) is 23.8 Å². The Balaban J connectivity index is 2.38. The summed E-state index contributed by atoms with van der Waals surface area (Å²) in [4.78, 5) is 8.22. The summed E-state index contributed by atoms with van der Waals surface area (Å²) < 4.78 is 1.57. The van der Waals surface area contributed by atoms with Crippen LogP contribution in [0.3, 0.4) is 0 Å². The first kappa shape index (κ1) is 10.0. The van der Waals surface area contributed by atoms with Crippen LogP contribution in [-0.2, 0) is 0 Å². The second-order valence-electron chi connectivity index (χ2n) is 3.42. The number of fused-ring (bicyclic) bond motifs is 1. The van der Waals surface area contributed by atoms with E-state index >= 15 is 0 Å². The predicted molar refractivity (Wildman–Crippen MR) is 54.4 cm³/mol. The molecule has 0 saturated heterocycles. The third-order valence-electron chi connectivity index (χ3n) is 2.03. The van der Waals surface area contributed by atoms with Crippen LogP contribution in [0.1, 0.15) is 17.5 Å². The number of hydrogen-bond acceptors (Lipinski definition) is 5. The van der Waals surface area contributed by atoms with Crippen molar-refractivity contribution in [2.75, 3.05) is 13.6 Å². The van der Waals surface area contributed by atoms with Gasteiger partial charge in [-0.15, -0.1) is 5.10 Å². The van der Waals surface area contributed by atoms with E-state index in [0.29, 0.717) is 18.1 Å². The number of likely N-dealkylation sites (N-methyl/N-ethyl adjacent to an activating group) is 1. The van der Waals surface area contributed by atoms with Gasteiger partial charge in [0.15, 0.2) is 5.82 Å². The molecule has 2 heterocycles. The fourth-order valence-corrected chi connectivity index (χ4v) is 1.32. The van der Waals surface area contributed by atoms with Gasteiger partial charge in [-0.25, -0.2) is 9.50 Å². The molecule has 6 heteroatoms. The Morgan fingerprint density at radius 2 is 2.40 bits per heavy atom. The fraction of sp³-hybridized carbons (Fsp3) is 0.444. The van der Waals surface area contributed by atoms with Crippen LogP contribution in [0.4, 0.5) is 0 Å². The highest BCUT2D eigenvalue weighted by atomic mass is 16.3. The molecule has 0 aliphatic heterocycles. The normalized spacial score (nSPS) is 13.3. The van der Waals surface area contributed by atoms with E-state index in [4.69, 9.17) is 0 Å². The second-order valence-corrected chi connectivity index (χ2v) is 3.42. The van der Waals surface area contributed by atoms with Gasteiger partial charge in [0.25, 0.3) is 5.78 Å². The van der Waals surface area contributed by atoms with E-state index in [9.17, 15) is 5.11 Å². The van der Waals surface area contributed by atoms with Gasteiger partial charge in [-0.1, -0.05) is 0 Å². The molecule has 1 atom stereocenters. The minimum absolute atomic E-state index is 0.391. The third-order valence-corrected chi connectivity index (χ3v) is 2.03. The monoisotopic (exact) mass is 207 g/mol. The summed E-state index contributed by atoms with van der Waals surface area (Å²) >= 11 is 0. The minimum atomic E-state index is -0.697. The van der Waals surface area contributed by atoms with E-state index in [0.717, 1.165) is 5.56 Å². The summed E-state index contributed by atoms with van der Waals surface area (Å²) in [6.07, 6.45) is 2.85. The van der Waals surface area contributed by atoms with E-state index in [2.05, 4.69) is 20.4 Å². The van der Waals surface area contributed by atoms with Crippen molar-refractivity contribution in [3.8, 4) is 0 Å². The largest absolute Gasteiger partial charge is 0.384 e. The molecule has 0 fully saturated rings. The van der Waals surface area contributed by atoms with Crippen molar-refractivity contribution in [3.63, 3.8) is 0 Å². The molecule has 0 saturated carbocycles. The van der Waals surface area contributed by atoms with Crippen LogP contribution < -0.4 is 5.32 Å². The van der Waals surface area contributed by atoms with Crippen molar-refractivity contribution in [1.82, 2.24) is 24.9 Å². The van der Waals surface area contributed by atoms with Crippen LogP contribution in [0.5, 0.6) is 0 Å². The summed E-state index contributed by atoms with van der Waals surface area (Å²) in [5.74, 6) is 0.896. The van der Waals surface area contributed by atoms with Crippen molar-refractivity contribution in [1.29, 1.82) is 0 Å². The Hall–Kier alpha value is -1.53. The highest BCUT2D eigenvalue weighted by molar-refractivity contribution is 5.27. The molecule has 0 aromatic carbocycles. The standard InChI is InChI=1S/C9H13N5O/c1-6-3-11-9-12-8(7(15)4-10-2)13-14(9)5-6/h3,5,7,10,15H,4H2,1-2H3. The van der Waals surface area contributed by atoms with Gasteiger partial charge in [0.1, 0.15) is 6.10 Å². The van der Waals surface area contributed by atoms with E-state index < -0.39 is 6.10 Å². The van der Waals surface area contributed by atoms with Gasteiger partial charge in [-0.3, -0.25) is 0 Å². The maximum Gasteiger partial charge on any atom is 0.252 e. The lowest BCUT2D eigenvalue weighted by Gasteiger charge is -2.03. The van der Waals surface area contributed by atoms with E-state index in [-0.39, 0.29) is 0 Å². The Morgan fingerprint density at radius 1 is 1.60 bits per heavy atom. The number of hydrogen-bond donors (Lipinski definition) is 2. The van der Waals surface area contributed by atoms with Gasteiger partial charge in [0.2, 0.25) is 0 Å². The molecule has 0 radical (unpaired) electrons. The summed E-state index contributed by atoms with van der Waals surface area (Å²) in [5, 5.41) is 16.7. The molecule has 0 bridgehead atoms. The number of aliphatic hydroxyl groups is 1. The fourth-order valence-electron chi connectivity index (χ4n) is 1.32. The summed E-state index contributed by atoms with van der Waals surface area (Å²) in [5.41, 5.74) is 1.00. The lowest BCUT2D eigenvalue weighted by molar-refractivity contribution is 0.168. The van der Waals surface area contributed by atoms with Gasteiger partial charge in [-0.05, 0) is 19.5 Å². The van der Waals surface area contributed by atoms with Crippen LogP contribution in [0, 0.1) is 6.92 Å². The smallest absolute Gasteiger partial charge is 0.252 e. The maximum absolute atomic E-state index is 9.66. The van der Waals surface area contributed by atoms with Crippen molar-refractivity contribution in [2.45, 2.75) is 13.0 Å². The SMILES string of the molecule is CNCC(O)c1nc2ncc(C)cn2n1. The zero-order valence-corrected chi connectivity index (χ0v) is 8.68. The van der Waals surface area contributed by atoms with Crippen molar-refractivity contribution >= 4 is 5.78 Å². The molecule has 2 aromatic heterocycles. The molecule has 2 aromatic rings. The average molecular weight is 207 g/mol. The zero-order valence-electron chi connectivity index (χ0n) is 8.68. The first-order valence-corrected chi connectivity index (χ1v) is 4.72. The van der Waals surface area contributed by atoms with Gasteiger partial charge in [0.05, 0.1) is 0 Å². The Bertz CT molecular complexity index is 466. The quantitative estimate of drug-likeness (QED) is 0.721. The molecular formula is C9H13N5O. The highest BCUT2D eigenvalue weighted by Gasteiger charge is 2.13. The molecule has 6 nitrogen and oxygen atoms in total. The average Bonchev–Trinajstić information content (AvgIpc) is 2.60. The van der Waals surface area contributed by atoms with Gasteiger partial charge in [0, 0.05) is 18.9 Å². The molecule has 2 rings (SSSR count). The van der Waals surface area contributed by atoms with Crippen LogP contribution in [0.25, 0.3) is 5.78 Å². The van der Waals surface area contributed by atoms with E-state index in [1.165, 1.54) is 0 Å². The molecule has 15 heavy (non-hydrogen) atoms. The van der Waals surface area contributed by atoms with Gasteiger partial charge < -0.3 is 10.4 Å². The van der Waals surface area contributed by atoms with E-state index in [1.54, 1.807) is 17.8 Å². The van der Waals surface area contributed by atoms with Crippen LogP contribution >= 0.6 is 0 Å². The van der Waals surface area contributed by atoms with Crippen LogP contribution in [0.2, 0.25) is 0 Å². The highest BCUT2D eigenvalue weighted by Crippen LogP contribution is 2.07. The number of rotatable bonds is 3. The van der Waals surface area contributed by atoms with E-state index in [1.807, 2.05) is 13.1 Å². The Morgan fingerprint density at radius 3 is 3.13 bits per heavy atom. The van der Waals surface area contributed by atoms with Crippen molar-refractivity contribution < 1.29 is 5.11 Å². The number of nitrogens with one attached hydrogen (secondary N) is 1. The molecule has 0 aliphatic rings.